The predicted molar refractivity (Wildman–Crippen MR) is 79.0 cm³/mol. The Bertz CT molecular complexity index is 451. The van der Waals surface area contributed by atoms with Gasteiger partial charge in [0.15, 0.2) is 5.82 Å². The largest absolute Gasteiger partial charge is 0.388 e. The fourth-order valence-corrected chi connectivity index (χ4v) is 2.32. The number of nitrogens with one attached hydrogen (secondary N) is 1. The number of ether oxygens (including phenoxy) is 1. The molecular formula is C14H24N4O2. The summed E-state index contributed by atoms with van der Waals surface area (Å²) >= 11 is 0. The van der Waals surface area contributed by atoms with Gasteiger partial charge in [0.2, 0.25) is 0 Å². The van der Waals surface area contributed by atoms with E-state index >= 15 is 0 Å². The summed E-state index contributed by atoms with van der Waals surface area (Å²) in [6, 6.07) is 1.94. The van der Waals surface area contributed by atoms with Gasteiger partial charge in [0, 0.05) is 32.8 Å². The summed E-state index contributed by atoms with van der Waals surface area (Å²) in [7, 11) is 1.63. The van der Waals surface area contributed by atoms with E-state index in [1.54, 1.807) is 7.11 Å². The van der Waals surface area contributed by atoms with Crippen LogP contribution in [-0.4, -0.2) is 47.4 Å². The lowest BCUT2D eigenvalue weighted by atomic mass is 10.1. The van der Waals surface area contributed by atoms with Crippen molar-refractivity contribution in [1.29, 1.82) is 0 Å². The molecule has 2 heterocycles. The van der Waals surface area contributed by atoms with Crippen molar-refractivity contribution in [2.75, 3.05) is 37.0 Å². The summed E-state index contributed by atoms with van der Waals surface area (Å²) in [5.74, 6) is 2.33. The normalized spacial score (nSPS) is 22.3. The first kappa shape index (κ1) is 15.0. The van der Waals surface area contributed by atoms with Gasteiger partial charge in [0.1, 0.15) is 18.2 Å². The summed E-state index contributed by atoms with van der Waals surface area (Å²) < 4.78 is 5.13. The van der Waals surface area contributed by atoms with E-state index in [2.05, 4.69) is 27.1 Å². The summed E-state index contributed by atoms with van der Waals surface area (Å²) in [4.78, 5) is 11.0. The van der Waals surface area contributed by atoms with Gasteiger partial charge in [-0.1, -0.05) is 6.92 Å². The number of aliphatic hydroxyl groups is 1. The van der Waals surface area contributed by atoms with Gasteiger partial charge in [0.25, 0.3) is 0 Å². The number of anilines is 2. The highest BCUT2D eigenvalue weighted by Crippen LogP contribution is 2.26. The molecule has 0 aromatic carbocycles. The predicted octanol–water partition coefficient (Wildman–Crippen LogP) is 1.41. The SMILES string of the molecule is CCCNc1cc(N2CCC(C)(O)C2)nc(COC)n1. The Kier molecular flexibility index (Phi) is 4.77. The zero-order valence-corrected chi connectivity index (χ0v) is 12.5. The third kappa shape index (κ3) is 3.80. The summed E-state index contributed by atoms with van der Waals surface area (Å²) in [6.45, 7) is 6.65. The number of methoxy groups -OCH3 is 1. The Labute approximate surface area is 120 Å². The van der Waals surface area contributed by atoms with Crippen molar-refractivity contribution >= 4 is 11.6 Å². The average Bonchev–Trinajstić information content (AvgIpc) is 2.77. The summed E-state index contributed by atoms with van der Waals surface area (Å²) in [6.07, 6.45) is 1.80. The highest BCUT2D eigenvalue weighted by atomic mass is 16.5. The minimum absolute atomic E-state index is 0.388. The first-order valence-electron chi connectivity index (χ1n) is 7.12. The number of rotatable bonds is 6. The van der Waals surface area contributed by atoms with Crippen molar-refractivity contribution in [3.8, 4) is 0 Å². The minimum atomic E-state index is -0.636. The third-order valence-corrected chi connectivity index (χ3v) is 3.36. The van der Waals surface area contributed by atoms with Gasteiger partial charge in [-0.2, -0.15) is 0 Å². The second-order valence-corrected chi connectivity index (χ2v) is 5.56. The fraction of sp³-hybridized carbons (Fsp3) is 0.714. The van der Waals surface area contributed by atoms with Crippen LogP contribution in [0.25, 0.3) is 0 Å². The molecule has 1 unspecified atom stereocenters. The zero-order chi connectivity index (χ0) is 14.6. The molecule has 0 radical (unpaired) electrons. The van der Waals surface area contributed by atoms with E-state index in [1.165, 1.54) is 0 Å². The second kappa shape index (κ2) is 6.37. The molecule has 1 saturated heterocycles. The Balaban J connectivity index is 2.20. The Morgan fingerprint density at radius 1 is 1.50 bits per heavy atom. The van der Waals surface area contributed by atoms with Crippen molar-refractivity contribution in [3.05, 3.63) is 11.9 Å². The van der Waals surface area contributed by atoms with Crippen LogP contribution in [0.4, 0.5) is 11.6 Å². The molecule has 0 bridgehead atoms. The van der Waals surface area contributed by atoms with Crippen molar-refractivity contribution in [3.63, 3.8) is 0 Å². The Morgan fingerprint density at radius 3 is 2.90 bits per heavy atom. The average molecular weight is 280 g/mol. The summed E-state index contributed by atoms with van der Waals surface area (Å²) in [5.41, 5.74) is -0.636. The maximum absolute atomic E-state index is 10.1. The van der Waals surface area contributed by atoms with E-state index in [1.807, 2.05) is 13.0 Å². The van der Waals surface area contributed by atoms with Crippen molar-refractivity contribution in [1.82, 2.24) is 9.97 Å². The van der Waals surface area contributed by atoms with E-state index in [0.29, 0.717) is 19.0 Å². The number of hydrogen-bond acceptors (Lipinski definition) is 6. The molecular weight excluding hydrogens is 256 g/mol. The quantitative estimate of drug-likeness (QED) is 0.821. The van der Waals surface area contributed by atoms with Crippen LogP contribution < -0.4 is 10.2 Å². The first-order chi connectivity index (χ1) is 9.54. The fourth-order valence-electron chi connectivity index (χ4n) is 2.32. The number of nitrogens with zero attached hydrogens (tertiary/aromatic N) is 3. The monoisotopic (exact) mass is 280 g/mol. The molecule has 1 aromatic rings. The number of hydrogen-bond donors (Lipinski definition) is 2. The molecule has 6 heteroatoms. The Hall–Kier alpha value is -1.40. The molecule has 6 nitrogen and oxygen atoms in total. The van der Waals surface area contributed by atoms with Gasteiger partial charge >= 0.3 is 0 Å². The van der Waals surface area contributed by atoms with Crippen LogP contribution >= 0.6 is 0 Å². The lowest BCUT2D eigenvalue weighted by Gasteiger charge is -2.21. The van der Waals surface area contributed by atoms with Crippen LogP contribution in [0.15, 0.2) is 6.07 Å². The van der Waals surface area contributed by atoms with Gasteiger partial charge in [-0.3, -0.25) is 0 Å². The lowest BCUT2D eigenvalue weighted by Crippen LogP contribution is -2.30. The highest BCUT2D eigenvalue weighted by molar-refractivity contribution is 5.50. The van der Waals surface area contributed by atoms with Crippen LogP contribution in [0.5, 0.6) is 0 Å². The molecule has 1 fully saturated rings. The molecule has 2 rings (SSSR count). The van der Waals surface area contributed by atoms with Gasteiger partial charge in [-0.15, -0.1) is 0 Å². The van der Waals surface area contributed by atoms with E-state index in [9.17, 15) is 5.11 Å². The van der Waals surface area contributed by atoms with E-state index in [0.717, 1.165) is 37.6 Å². The highest BCUT2D eigenvalue weighted by Gasteiger charge is 2.32. The van der Waals surface area contributed by atoms with Gasteiger partial charge < -0.3 is 20.1 Å². The van der Waals surface area contributed by atoms with E-state index < -0.39 is 5.60 Å². The van der Waals surface area contributed by atoms with Crippen LogP contribution in [-0.2, 0) is 11.3 Å². The molecule has 0 spiro atoms. The Morgan fingerprint density at radius 2 is 2.30 bits per heavy atom. The van der Waals surface area contributed by atoms with Crippen molar-refractivity contribution < 1.29 is 9.84 Å². The third-order valence-electron chi connectivity index (χ3n) is 3.36. The van der Waals surface area contributed by atoms with Crippen LogP contribution in [0.3, 0.4) is 0 Å². The minimum Gasteiger partial charge on any atom is -0.388 e. The first-order valence-corrected chi connectivity index (χ1v) is 7.12. The lowest BCUT2D eigenvalue weighted by molar-refractivity contribution is 0.0839. The maximum atomic E-state index is 10.1. The van der Waals surface area contributed by atoms with Crippen LogP contribution in [0.1, 0.15) is 32.5 Å². The zero-order valence-electron chi connectivity index (χ0n) is 12.5. The molecule has 0 saturated carbocycles. The molecule has 1 aliphatic heterocycles. The van der Waals surface area contributed by atoms with Crippen molar-refractivity contribution in [2.45, 2.75) is 38.9 Å². The number of aromatic nitrogens is 2. The molecule has 0 aliphatic carbocycles. The van der Waals surface area contributed by atoms with Gasteiger partial charge in [0.05, 0.1) is 5.60 Å². The molecule has 2 N–H and O–H groups in total. The molecule has 112 valence electrons. The molecule has 0 amide bonds. The van der Waals surface area contributed by atoms with Crippen molar-refractivity contribution in [2.24, 2.45) is 0 Å². The topological polar surface area (TPSA) is 70.5 Å². The van der Waals surface area contributed by atoms with E-state index in [4.69, 9.17) is 4.74 Å². The van der Waals surface area contributed by atoms with E-state index in [-0.39, 0.29) is 0 Å². The second-order valence-electron chi connectivity index (χ2n) is 5.56. The number of β-amino-alcohol motifs (C(OH)–C–C–N with tert-alkyl or cyclic N) is 1. The standard InChI is InChI=1S/C14H24N4O2/c1-4-6-15-11-8-13(17-12(16-11)9-20-3)18-7-5-14(2,19)10-18/h8,19H,4-7,9-10H2,1-3H3,(H,15,16,17). The molecule has 1 aliphatic rings. The summed E-state index contributed by atoms with van der Waals surface area (Å²) in [5, 5.41) is 13.4. The van der Waals surface area contributed by atoms with Gasteiger partial charge in [-0.05, 0) is 19.8 Å². The van der Waals surface area contributed by atoms with Crippen LogP contribution in [0, 0.1) is 0 Å². The smallest absolute Gasteiger partial charge is 0.158 e. The molecule has 20 heavy (non-hydrogen) atoms. The van der Waals surface area contributed by atoms with Crippen LogP contribution in [0.2, 0.25) is 0 Å². The molecule has 1 aromatic heterocycles. The van der Waals surface area contributed by atoms with Gasteiger partial charge in [-0.25, -0.2) is 9.97 Å². The maximum Gasteiger partial charge on any atom is 0.158 e. The molecule has 1 atom stereocenters.